The fraction of sp³-hybridized carbons (Fsp3) is 0.364. The number of benzene rings is 1. The lowest BCUT2D eigenvalue weighted by Crippen LogP contribution is -2.41. The zero-order chi connectivity index (χ0) is 11.7. The number of rotatable bonds is 1. The summed E-state index contributed by atoms with van der Waals surface area (Å²) in [7, 11) is 0. The van der Waals surface area contributed by atoms with Crippen molar-refractivity contribution in [2.24, 2.45) is 0 Å². The van der Waals surface area contributed by atoms with Gasteiger partial charge in [-0.2, -0.15) is 0 Å². The normalized spacial score (nSPS) is 23.6. The van der Waals surface area contributed by atoms with E-state index in [-0.39, 0.29) is 0 Å². The molecule has 5 heteroatoms. The molecule has 2 atom stereocenters. The molecule has 2 rings (SSSR count). The Kier molecular flexibility index (Phi) is 3.03. The van der Waals surface area contributed by atoms with Crippen molar-refractivity contribution in [3.05, 3.63) is 34.3 Å². The van der Waals surface area contributed by atoms with Gasteiger partial charge in [0.05, 0.1) is 6.04 Å². The van der Waals surface area contributed by atoms with Crippen molar-refractivity contribution in [3.63, 3.8) is 0 Å². The molecule has 0 saturated carbocycles. The predicted molar refractivity (Wildman–Crippen MR) is 59.7 cm³/mol. The van der Waals surface area contributed by atoms with Gasteiger partial charge in [-0.1, -0.05) is 23.7 Å². The summed E-state index contributed by atoms with van der Waals surface area (Å²) in [6, 6.07) is 4.96. The van der Waals surface area contributed by atoms with Crippen LogP contribution in [0.25, 0.3) is 0 Å². The van der Waals surface area contributed by atoms with Crippen LogP contribution in [0, 0.1) is 0 Å². The summed E-state index contributed by atoms with van der Waals surface area (Å²) in [4.78, 5) is 10.6. The SMILES string of the molecule is O=C(O)N[C@@H]1CCc2cccc(Cl)c2[C@H]1O. The van der Waals surface area contributed by atoms with E-state index in [0.717, 1.165) is 12.0 Å². The minimum absolute atomic E-state index is 0.482. The summed E-state index contributed by atoms with van der Waals surface area (Å²) in [6.45, 7) is 0. The van der Waals surface area contributed by atoms with E-state index in [1.807, 2.05) is 12.1 Å². The molecule has 0 spiro atoms. The molecule has 1 aliphatic carbocycles. The summed E-state index contributed by atoms with van der Waals surface area (Å²) in [6.07, 6.45) is -0.688. The third-order valence-corrected chi connectivity index (χ3v) is 3.18. The lowest BCUT2D eigenvalue weighted by atomic mass is 9.86. The molecule has 4 nitrogen and oxygen atoms in total. The monoisotopic (exact) mass is 241 g/mol. The lowest BCUT2D eigenvalue weighted by molar-refractivity contribution is 0.109. The number of aryl methyl sites for hydroxylation is 1. The Bertz CT molecular complexity index is 422. The van der Waals surface area contributed by atoms with Crippen LogP contribution in [0.3, 0.4) is 0 Å². The van der Waals surface area contributed by atoms with E-state index in [2.05, 4.69) is 5.32 Å². The maximum Gasteiger partial charge on any atom is 0.404 e. The van der Waals surface area contributed by atoms with E-state index in [1.54, 1.807) is 6.07 Å². The highest BCUT2D eigenvalue weighted by Gasteiger charge is 2.30. The molecular weight excluding hydrogens is 230 g/mol. The van der Waals surface area contributed by atoms with Gasteiger partial charge >= 0.3 is 6.09 Å². The molecule has 0 heterocycles. The van der Waals surface area contributed by atoms with Crippen LogP contribution in [0.1, 0.15) is 23.7 Å². The van der Waals surface area contributed by atoms with Crippen molar-refractivity contribution in [1.82, 2.24) is 5.32 Å². The first-order valence-corrected chi connectivity index (χ1v) is 5.42. The van der Waals surface area contributed by atoms with Crippen LogP contribution >= 0.6 is 11.6 Å². The van der Waals surface area contributed by atoms with E-state index >= 15 is 0 Å². The van der Waals surface area contributed by atoms with Crippen molar-refractivity contribution in [2.45, 2.75) is 25.0 Å². The number of hydrogen-bond donors (Lipinski definition) is 3. The number of carboxylic acid groups (broad SMARTS) is 1. The van der Waals surface area contributed by atoms with E-state index < -0.39 is 18.2 Å². The molecule has 86 valence electrons. The summed E-state index contributed by atoms with van der Waals surface area (Å²) >= 11 is 6.00. The highest BCUT2D eigenvalue weighted by molar-refractivity contribution is 6.31. The summed E-state index contributed by atoms with van der Waals surface area (Å²) in [5, 5.41) is 21.5. The number of halogens is 1. The summed E-state index contributed by atoms with van der Waals surface area (Å²) in [5.74, 6) is 0. The van der Waals surface area contributed by atoms with Gasteiger partial charge in [0.1, 0.15) is 6.10 Å². The standard InChI is InChI=1S/C11H12ClNO3/c12-7-3-1-2-6-4-5-8(13-11(15)16)10(14)9(6)7/h1-3,8,10,13-14H,4-5H2,(H,15,16)/t8-,10+/m1/s1. The Balaban J connectivity index is 2.30. The summed E-state index contributed by atoms with van der Waals surface area (Å²) in [5.41, 5.74) is 1.64. The third kappa shape index (κ3) is 1.99. The molecular formula is C11H12ClNO3. The molecule has 0 radical (unpaired) electrons. The minimum atomic E-state index is -1.13. The van der Waals surface area contributed by atoms with Gasteiger partial charge in [0.15, 0.2) is 0 Å². The van der Waals surface area contributed by atoms with Gasteiger partial charge in [-0.3, -0.25) is 0 Å². The maximum absolute atomic E-state index is 10.6. The number of aliphatic hydroxyl groups is 1. The van der Waals surface area contributed by atoms with Gasteiger partial charge in [0.25, 0.3) is 0 Å². The Morgan fingerprint density at radius 1 is 1.50 bits per heavy atom. The van der Waals surface area contributed by atoms with Crippen LogP contribution in [-0.4, -0.2) is 22.3 Å². The number of carbonyl (C=O) groups is 1. The third-order valence-electron chi connectivity index (χ3n) is 2.85. The quantitative estimate of drug-likeness (QED) is 0.704. The Labute approximate surface area is 97.9 Å². The van der Waals surface area contributed by atoms with E-state index in [1.165, 1.54) is 0 Å². The van der Waals surface area contributed by atoms with Crippen LogP contribution in [-0.2, 0) is 6.42 Å². The molecule has 0 aliphatic heterocycles. The van der Waals surface area contributed by atoms with Gasteiger partial charge in [-0.25, -0.2) is 4.79 Å². The average Bonchev–Trinajstić information content (AvgIpc) is 2.22. The highest BCUT2D eigenvalue weighted by Crippen LogP contribution is 2.34. The number of hydrogen-bond acceptors (Lipinski definition) is 2. The van der Waals surface area contributed by atoms with Gasteiger partial charge < -0.3 is 15.5 Å². The second-order valence-corrected chi connectivity index (χ2v) is 4.26. The van der Waals surface area contributed by atoms with E-state index in [0.29, 0.717) is 17.0 Å². The Morgan fingerprint density at radius 3 is 2.94 bits per heavy atom. The second kappa shape index (κ2) is 4.31. The largest absolute Gasteiger partial charge is 0.465 e. The summed E-state index contributed by atoms with van der Waals surface area (Å²) < 4.78 is 0. The van der Waals surface area contributed by atoms with E-state index in [9.17, 15) is 9.90 Å². The molecule has 16 heavy (non-hydrogen) atoms. The number of aliphatic hydroxyl groups excluding tert-OH is 1. The van der Waals surface area contributed by atoms with Gasteiger partial charge in [-0.05, 0) is 24.5 Å². The molecule has 0 fully saturated rings. The van der Waals surface area contributed by atoms with Crippen LogP contribution < -0.4 is 5.32 Å². The highest BCUT2D eigenvalue weighted by atomic mass is 35.5. The van der Waals surface area contributed by atoms with Crippen LogP contribution in [0.15, 0.2) is 18.2 Å². The van der Waals surface area contributed by atoms with Crippen molar-refractivity contribution >= 4 is 17.7 Å². The smallest absolute Gasteiger partial charge is 0.404 e. The fourth-order valence-corrected chi connectivity index (χ4v) is 2.42. The first-order chi connectivity index (χ1) is 7.59. The Hall–Kier alpha value is -1.26. The van der Waals surface area contributed by atoms with E-state index in [4.69, 9.17) is 16.7 Å². The topological polar surface area (TPSA) is 69.6 Å². The van der Waals surface area contributed by atoms with Crippen molar-refractivity contribution in [1.29, 1.82) is 0 Å². The van der Waals surface area contributed by atoms with Crippen LogP contribution in [0.5, 0.6) is 0 Å². The maximum atomic E-state index is 10.6. The number of fused-ring (bicyclic) bond motifs is 1. The number of nitrogens with one attached hydrogen (secondary N) is 1. The zero-order valence-electron chi connectivity index (χ0n) is 8.48. The molecule has 1 amide bonds. The number of amides is 1. The van der Waals surface area contributed by atoms with Gasteiger partial charge in [0.2, 0.25) is 0 Å². The molecule has 0 aromatic heterocycles. The fourth-order valence-electron chi connectivity index (χ4n) is 2.11. The zero-order valence-corrected chi connectivity index (χ0v) is 9.24. The van der Waals surface area contributed by atoms with Gasteiger partial charge in [0, 0.05) is 10.6 Å². The van der Waals surface area contributed by atoms with Crippen molar-refractivity contribution in [2.75, 3.05) is 0 Å². The molecule has 1 aromatic rings. The predicted octanol–water partition coefficient (Wildman–Crippen LogP) is 1.96. The first kappa shape index (κ1) is 11.2. The molecule has 0 bridgehead atoms. The second-order valence-electron chi connectivity index (χ2n) is 3.85. The van der Waals surface area contributed by atoms with Crippen LogP contribution in [0.4, 0.5) is 4.79 Å². The van der Waals surface area contributed by atoms with Gasteiger partial charge in [-0.15, -0.1) is 0 Å². The lowest BCUT2D eigenvalue weighted by Gasteiger charge is -2.30. The van der Waals surface area contributed by atoms with Crippen molar-refractivity contribution in [3.8, 4) is 0 Å². The van der Waals surface area contributed by atoms with Crippen LogP contribution in [0.2, 0.25) is 5.02 Å². The average molecular weight is 242 g/mol. The minimum Gasteiger partial charge on any atom is -0.465 e. The molecule has 0 saturated heterocycles. The molecule has 1 aliphatic rings. The molecule has 0 unspecified atom stereocenters. The Morgan fingerprint density at radius 2 is 2.25 bits per heavy atom. The molecule has 3 N–H and O–H groups in total. The molecule has 1 aromatic carbocycles. The first-order valence-electron chi connectivity index (χ1n) is 5.04. The van der Waals surface area contributed by atoms with Crippen molar-refractivity contribution < 1.29 is 15.0 Å².